The molecule has 1 N–H and O–H groups in total. The van der Waals surface area contributed by atoms with Gasteiger partial charge in [0.1, 0.15) is 12.2 Å². The van der Waals surface area contributed by atoms with E-state index in [4.69, 9.17) is 11.6 Å². The summed E-state index contributed by atoms with van der Waals surface area (Å²) < 4.78 is 67.4. The molecule has 1 amide bonds. The molecule has 0 aliphatic carbocycles. The van der Waals surface area contributed by atoms with Gasteiger partial charge in [0.15, 0.2) is 0 Å². The van der Waals surface area contributed by atoms with Crippen LogP contribution in [0.2, 0.25) is 5.02 Å². The average molecular weight is 517 g/mol. The Bertz CT molecular complexity index is 1400. The number of carbonyl (C=O) groups excluding carboxylic acids is 1. The number of anilines is 2. The van der Waals surface area contributed by atoms with Crippen LogP contribution >= 0.6 is 11.6 Å². The number of sulfonamides is 1. The summed E-state index contributed by atoms with van der Waals surface area (Å²) in [7, 11) is -2.62. The number of hydrogen-bond donors (Lipinski definition) is 1. The monoisotopic (exact) mass is 516 g/mol. The molecule has 34 heavy (non-hydrogen) atoms. The first kappa shape index (κ1) is 25.4. The summed E-state index contributed by atoms with van der Waals surface area (Å²) in [5.41, 5.74) is -1.40. The van der Waals surface area contributed by atoms with Crippen molar-refractivity contribution >= 4 is 38.9 Å². The SMILES string of the molecule is Cc1c(NC(=O)CN(c2cc(C(F)(F)F)ccc2Cl)S(C)(=O)=O)c(=O)n(-c2ccccc2)n1C. The van der Waals surface area contributed by atoms with Crippen molar-refractivity contribution in [1.29, 1.82) is 0 Å². The van der Waals surface area contributed by atoms with Gasteiger partial charge in [-0.25, -0.2) is 13.1 Å². The molecule has 182 valence electrons. The zero-order valence-electron chi connectivity index (χ0n) is 18.2. The minimum Gasteiger partial charge on any atom is -0.318 e. The van der Waals surface area contributed by atoms with Crippen LogP contribution in [0.25, 0.3) is 5.69 Å². The Labute approximate surface area is 198 Å². The van der Waals surface area contributed by atoms with E-state index >= 15 is 0 Å². The van der Waals surface area contributed by atoms with Crippen LogP contribution in [0.1, 0.15) is 11.3 Å². The van der Waals surface area contributed by atoms with Crippen LogP contribution in [0.4, 0.5) is 24.5 Å². The fourth-order valence-corrected chi connectivity index (χ4v) is 4.41. The van der Waals surface area contributed by atoms with Crippen molar-refractivity contribution in [2.45, 2.75) is 13.1 Å². The first-order valence-corrected chi connectivity index (χ1v) is 11.9. The van der Waals surface area contributed by atoms with Crippen LogP contribution in [-0.2, 0) is 28.0 Å². The van der Waals surface area contributed by atoms with Gasteiger partial charge in [0.05, 0.1) is 33.9 Å². The lowest BCUT2D eigenvalue weighted by molar-refractivity contribution is -0.137. The lowest BCUT2D eigenvalue weighted by atomic mass is 10.2. The summed E-state index contributed by atoms with van der Waals surface area (Å²) in [6.45, 7) is 0.674. The highest BCUT2D eigenvalue weighted by Gasteiger charge is 2.33. The predicted molar refractivity (Wildman–Crippen MR) is 123 cm³/mol. The van der Waals surface area contributed by atoms with Gasteiger partial charge >= 0.3 is 6.18 Å². The number of nitrogens with one attached hydrogen (secondary N) is 1. The largest absolute Gasteiger partial charge is 0.416 e. The maximum absolute atomic E-state index is 13.1. The number of halogens is 4. The summed E-state index contributed by atoms with van der Waals surface area (Å²) >= 11 is 5.97. The molecule has 0 unspecified atom stereocenters. The quantitative estimate of drug-likeness (QED) is 0.542. The molecule has 0 atom stereocenters. The molecule has 8 nitrogen and oxygen atoms in total. The van der Waals surface area contributed by atoms with Crippen LogP contribution in [0, 0.1) is 6.92 Å². The van der Waals surface area contributed by atoms with Crippen molar-refractivity contribution in [1.82, 2.24) is 9.36 Å². The van der Waals surface area contributed by atoms with Gasteiger partial charge in [-0.05, 0) is 37.3 Å². The first-order chi connectivity index (χ1) is 15.7. The molecule has 0 saturated carbocycles. The van der Waals surface area contributed by atoms with Gasteiger partial charge in [0, 0.05) is 7.05 Å². The van der Waals surface area contributed by atoms with Crippen LogP contribution < -0.4 is 15.2 Å². The molecular formula is C21H20ClF3N4O4S. The van der Waals surface area contributed by atoms with E-state index in [0.29, 0.717) is 27.8 Å². The van der Waals surface area contributed by atoms with Crippen molar-refractivity contribution in [2.24, 2.45) is 7.05 Å². The van der Waals surface area contributed by atoms with Crippen molar-refractivity contribution in [3.8, 4) is 5.69 Å². The highest BCUT2D eigenvalue weighted by atomic mass is 35.5. The molecule has 3 rings (SSSR count). The summed E-state index contributed by atoms with van der Waals surface area (Å²) in [5, 5.41) is 2.08. The van der Waals surface area contributed by atoms with E-state index in [1.807, 2.05) is 0 Å². The van der Waals surface area contributed by atoms with Gasteiger partial charge in [0.2, 0.25) is 15.9 Å². The summed E-state index contributed by atoms with van der Waals surface area (Å²) in [6.07, 6.45) is -4.03. The Kier molecular flexibility index (Phi) is 6.85. The van der Waals surface area contributed by atoms with Crippen molar-refractivity contribution in [3.63, 3.8) is 0 Å². The van der Waals surface area contributed by atoms with E-state index in [1.165, 1.54) is 9.36 Å². The van der Waals surface area contributed by atoms with E-state index in [2.05, 4.69) is 5.32 Å². The zero-order chi connectivity index (χ0) is 25.4. The number of aromatic nitrogens is 2. The molecule has 0 bridgehead atoms. The lowest BCUT2D eigenvalue weighted by Gasteiger charge is -2.23. The molecule has 0 aliphatic heterocycles. The topological polar surface area (TPSA) is 93.4 Å². The Balaban J connectivity index is 1.97. The summed E-state index contributed by atoms with van der Waals surface area (Å²) in [5.74, 6) is -0.940. The van der Waals surface area contributed by atoms with E-state index in [0.717, 1.165) is 12.3 Å². The first-order valence-electron chi connectivity index (χ1n) is 9.70. The molecule has 1 aromatic heterocycles. The Morgan fingerprint density at radius 1 is 1.15 bits per heavy atom. The third kappa shape index (κ3) is 5.12. The van der Waals surface area contributed by atoms with E-state index in [-0.39, 0.29) is 10.7 Å². The van der Waals surface area contributed by atoms with Gasteiger partial charge in [0.25, 0.3) is 5.56 Å². The smallest absolute Gasteiger partial charge is 0.318 e. The van der Waals surface area contributed by atoms with E-state index in [9.17, 15) is 31.2 Å². The van der Waals surface area contributed by atoms with Crippen molar-refractivity contribution in [2.75, 3.05) is 22.4 Å². The zero-order valence-corrected chi connectivity index (χ0v) is 19.8. The predicted octanol–water partition coefficient (Wildman–Crippen LogP) is 3.56. The number of carbonyl (C=O) groups is 1. The second kappa shape index (κ2) is 9.18. The molecule has 0 spiro atoms. The third-order valence-electron chi connectivity index (χ3n) is 5.05. The summed E-state index contributed by atoms with van der Waals surface area (Å²) in [4.78, 5) is 25.7. The minimum absolute atomic E-state index is 0.0973. The highest BCUT2D eigenvalue weighted by Crippen LogP contribution is 2.36. The number of benzene rings is 2. The maximum Gasteiger partial charge on any atom is 0.416 e. The fourth-order valence-electron chi connectivity index (χ4n) is 3.28. The van der Waals surface area contributed by atoms with Crippen LogP contribution in [-0.4, -0.2) is 36.5 Å². The molecule has 13 heteroatoms. The van der Waals surface area contributed by atoms with Crippen LogP contribution in [0.3, 0.4) is 0 Å². The second-order valence-electron chi connectivity index (χ2n) is 7.42. The number of rotatable bonds is 6. The Morgan fingerprint density at radius 3 is 2.32 bits per heavy atom. The van der Waals surface area contributed by atoms with Gasteiger partial charge < -0.3 is 5.32 Å². The maximum atomic E-state index is 13.1. The van der Waals surface area contributed by atoms with Gasteiger partial charge in [-0.1, -0.05) is 29.8 Å². The lowest BCUT2D eigenvalue weighted by Crippen LogP contribution is -2.38. The van der Waals surface area contributed by atoms with Crippen LogP contribution in [0.15, 0.2) is 53.3 Å². The molecule has 3 aromatic rings. The van der Waals surface area contributed by atoms with Crippen molar-refractivity contribution in [3.05, 3.63) is 75.2 Å². The van der Waals surface area contributed by atoms with Gasteiger partial charge in [-0.3, -0.25) is 18.6 Å². The average Bonchev–Trinajstić information content (AvgIpc) is 2.95. The number of alkyl halides is 3. The minimum atomic E-state index is -4.76. The Morgan fingerprint density at radius 2 is 1.76 bits per heavy atom. The molecule has 0 aliphatic rings. The normalized spacial score (nSPS) is 12.0. The standard InChI is InChI=1S/C21H20ClF3N4O4S/c1-13-19(20(31)29(27(13)2)15-7-5-4-6-8-15)26-18(30)12-28(34(3,32)33)17-11-14(21(23,24)25)9-10-16(17)22/h4-11H,12H2,1-3H3,(H,26,30). The third-order valence-corrected chi connectivity index (χ3v) is 6.49. The van der Waals surface area contributed by atoms with Gasteiger partial charge in [-0.15, -0.1) is 0 Å². The number of amides is 1. The van der Waals surface area contributed by atoms with E-state index in [1.54, 1.807) is 44.3 Å². The van der Waals surface area contributed by atoms with Crippen LogP contribution in [0.5, 0.6) is 0 Å². The molecule has 0 radical (unpaired) electrons. The molecule has 2 aromatic carbocycles. The molecule has 1 heterocycles. The number of para-hydroxylation sites is 1. The highest BCUT2D eigenvalue weighted by molar-refractivity contribution is 7.92. The fraction of sp³-hybridized carbons (Fsp3) is 0.238. The number of hydrogen-bond acceptors (Lipinski definition) is 4. The molecular weight excluding hydrogens is 497 g/mol. The van der Waals surface area contributed by atoms with E-state index < -0.39 is 45.5 Å². The molecule has 0 fully saturated rings. The van der Waals surface area contributed by atoms with Crippen molar-refractivity contribution < 1.29 is 26.4 Å². The summed E-state index contributed by atoms with van der Waals surface area (Å²) in [6, 6.07) is 10.7. The number of nitrogens with zero attached hydrogens (tertiary/aromatic N) is 3. The van der Waals surface area contributed by atoms with Gasteiger partial charge in [-0.2, -0.15) is 13.2 Å². The Hall–Kier alpha value is -3.25. The molecule has 0 saturated heterocycles. The second-order valence-corrected chi connectivity index (χ2v) is 9.73.